The molecule has 1 amide bonds. The highest BCUT2D eigenvalue weighted by molar-refractivity contribution is 7.89. The van der Waals surface area contributed by atoms with Crippen molar-refractivity contribution >= 4 is 28.3 Å². The zero-order valence-corrected chi connectivity index (χ0v) is 15.2. The monoisotopic (exact) mass is 355 g/mol. The van der Waals surface area contributed by atoms with E-state index >= 15 is 0 Å². The van der Waals surface area contributed by atoms with Gasteiger partial charge in [0.2, 0.25) is 15.9 Å². The molecule has 6 nitrogen and oxygen atoms in total. The van der Waals surface area contributed by atoms with Crippen LogP contribution in [0.2, 0.25) is 0 Å². The summed E-state index contributed by atoms with van der Waals surface area (Å²) in [6.45, 7) is 5.70. The summed E-state index contributed by atoms with van der Waals surface area (Å²) in [6, 6.07) is 0. The van der Waals surface area contributed by atoms with Gasteiger partial charge in [0.25, 0.3) is 0 Å². The lowest BCUT2D eigenvalue weighted by Gasteiger charge is -2.32. The predicted molar refractivity (Wildman–Crippen MR) is 91.5 cm³/mol. The van der Waals surface area contributed by atoms with Gasteiger partial charge >= 0.3 is 0 Å². The molecule has 0 bridgehead atoms. The Hall–Kier alpha value is -0.370. The van der Waals surface area contributed by atoms with Crippen molar-refractivity contribution < 1.29 is 13.2 Å². The number of piperidine rings is 1. The molecule has 3 N–H and O–H groups in total. The number of amides is 1. The molecule has 2 atom stereocenters. The number of carbonyl (C=O) groups excluding carboxylic acids is 1. The highest BCUT2D eigenvalue weighted by Gasteiger charge is 2.32. The number of sulfonamides is 1. The van der Waals surface area contributed by atoms with Crippen LogP contribution < -0.4 is 11.1 Å². The molecule has 0 aromatic heterocycles. The fraction of sp³-hybridized carbons (Fsp3) is 0.929. The molecule has 1 saturated heterocycles. The summed E-state index contributed by atoms with van der Waals surface area (Å²) >= 11 is 0. The summed E-state index contributed by atoms with van der Waals surface area (Å²) in [5, 5.41) is 2.75. The summed E-state index contributed by atoms with van der Waals surface area (Å²) in [5.41, 5.74) is 5.37. The van der Waals surface area contributed by atoms with Crippen LogP contribution >= 0.6 is 12.4 Å². The molecule has 2 unspecified atom stereocenters. The quantitative estimate of drug-likeness (QED) is 0.678. The minimum Gasteiger partial charge on any atom is -0.355 e. The van der Waals surface area contributed by atoms with Gasteiger partial charge in [0.1, 0.15) is 0 Å². The van der Waals surface area contributed by atoms with E-state index in [9.17, 15) is 13.2 Å². The van der Waals surface area contributed by atoms with Gasteiger partial charge in [-0.2, -0.15) is 0 Å². The third kappa shape index (κ3) is 6.81. The number of hydrogen-bond acceptors (Lipinski definition) is 4. The number of nitrogens with two attached hydrogens (primary N) is 1. The first-order valence-electron chi connectivity index (χ1n) is 7.86. The molecule has 0 aromatic carbocycles. The molecule has 1 heterocycles. The molecule has 0 saturated carbocycles. The van der Waals surface area contributed by atoms with Crippen LogP contribution in [0.15, 0.2) is 0 Å². The van der Waals surface area contributed by atoms with E-state index in [-0.39, 0.29) is 35.9 Å². The highest BCUT2D eigenvalue weighted by atomic mass is 35.5. The Labute approximate surface area is 140 Å². The van der Waals surface area contributed by atoms with Crippen molar-refractivity contribution in [1.29, 1.82) is 0 Å². The maximum atomic E-state index is 12.4. The van der Waals surface area contributed by atoms with Crippen LogP contribution in [0.25, 0.3) is 0 Å². The molecule has 0 aliphatic carbocycles. The van der Waals surface area contributed by atoms with E-state index in [4.69, 9.17) is 5.73 Å². The second kappa shape index (κ2) is 10.4. The number of halogens is 1. The lowest BCUT2D eigenvalue weighted by Crippen LogP contribution is -2.47. The highest BCUT2D eigenvalue weighted by Crippen LogP contribution is 2.21. The molecule has 8 heteroatoms. The number of nitrogens with one attached hydrogen (secondary N) is 1. The number of rotatable bonds is 8. The second-order valence-corrected chi connectivity index (χ2v) is 7.96. The molecule has 1 aliphatic rings. The van der Waals surface area contributed by atoms with Crippen LogP contribution in [0, 0.1) is 11.8 Å². The van der Waals surface area contributed by atoms with Crippen LogP contribution in [0.5, 0.6) is 0 Å². The van der Waals surface area contributed by atoms with Crippen molar-refractivity contribution in [3.8, 4) is 0 Å². The average molecular weight is 356 g/mol. The smallest absolute Gasteiger partial charge is 0.224 e. The van der Waals surface area contributed by atoms with Crippen molar-refractivity contribution in [3.63, 3.8) is 0 Å². The van der Waals surface area contributed by atoms with E-state index in [1.54, 1.807) is 0 Å². The third-order valence-electron chi connectivity index (χ3n) is 3.87. The normalized spacial score (nSPS) is 21.0. The summed E-state index contributed by atoms with van der Waals surface area (Å²) < 4.78 is 26.3. The summed E-state index contributed by atoms with van der Waals surface area (Å²) in [6.07, 6.45) is 3.38. The van der Waals surface area contributed by atoms with E-state index in [0.717, 1.165) is 25.7 Å². The third-order valence-corrected chi connectivity index (χ3v) is 5.98. The number of carbonyl (C=O) groups is 1. The first-order valence-corrected chi connectivity index (χ1v) is 9.47. The van der Waals surface area contributed by atoms with Crippen LogP contribution in [-0.2, 0) is 14.8 Å². The van der Waals surface area contributed by atoms with Gasteiger partial charge in [-0.1, -0.05) is 20.3 Å². The molecule has 132 valence electrons. The lowest BCUT2D eigenvalue weighted by molar-refractivity contribution is -0.126. The van der Waals surface area contributed by atoms with Crippen molar-refractivity contribution in [2.45, 2.75) is 39.5 Å². The Morgan fingerprint density at radius 1 is 1.45 bits per heavy atom. The van der Waals surface area contributed by atoms with Crippen LogP contribution in [-0.4, -0.2) is 50.6 Å². The standard InChI is InChI=1S/C14H29N3O3S.ClH/c1-3-5-12(2)11-21(19,20)17-9-4-6-13(10-17)14(18)16-8-7-15;/h12-13H,3-11,15H2,1-2H3,(H,16,18);1H. The van der Waals surface area contributed by atoms with Gasteiger partial charge in [-0.25, -0.2) is 12.7 Å². The van der Waals surface area contributed by atoms with Crippen molar-refractivity contribution in [2.75, 3.05) is 31.9 Å². The first kappa shape index (κ1) is 21.6. The molecule has 0 radical (unpaired) electrons. The van der Waals surface area contributed by atoms with Crippen LogP contribution in [0.3, 0.4) is 0 Å². The van der Waals surface area contributed by atoms with Crippen LogP contribution in [0.1, 0.15) is 39.5 Å². The van der Waals surface area contributed by atoms with Crippen LogP contribution in [0.4, 0.5) is 0 Å². The first-order chi connectivity index (χ1) is 9.90. The Balaban J connectivity index is 0.00000441. The predicted octanol–water partition coefficient (Wildman–Crippen LogP) is 0.961. The molecule has 0 spiro atoms. The van der Waals surface area contributed by atoms with E-state index < -0.39 is 10.0 Å². The minimum absolute atomic E-state index is 0. The molecule has 1 rings (SSSR count). The van der Waals surface area contributed by atoms with Gasteiger partial charge < -0.3 is 11.1 Å². The van der Waals surface area contributed by atoms with Crippen molar-refractivity contribution in [2.24, 2.45) is 17.6 Å². The van der Waals surface area contributed by atoms with E-state index in [0.29, 0.717) is 26.2 Å². The fourth-order valence-corrected chi connectivity index (χ4v) is 4.70. The van der Waals surface area contributed by atoms with E-state index in [1.807, 2.05) is 6.92 Å². The molecular formula is C14H30ClN3O3S. The molecule has 22 heavy (non-hydrogen) atoms. The summed E-state index contributed by atoms with van der Waals surface area (Å²) in [5.74, 6) is 0.00721. The SMILES string of the molecule is CCCC(C)CS(=O)(=O)N1CCCC(C(=O)NCCN)C1.Cl. The second-order valence-electron chi connectivity index (χ2n) is 5.95. The van der Waals surface area contributed by atoms with Gasteiger partial charge in [-0.05, 0) is 25.2 Å². The zero-order chi connectivity index (χ0) is 15.9. The number of nitrogens with zero attached hydrogens (tertiary/aromatic N) is 1. The summed E-state index contributed by atoms with van der Waals surface area (Å²) in [4.78, 5) is 12.0. The van der Waals surface area contributed by atoms with Gasteiger partial charge in [-0.3, -0.25) is 4.79 Å². The van der Waals surface area contributed by atoms with Gasteiger partial charge in [0, 0.05) is 26.2 Å². The molecule has 0 aromatic rings. The Morgan fingerprint density at radius 2 is 2.14 bits per heavy atom. The fourth-order valence-electron chi connectivity index (χ4n) is 2.79. The molecule has 1 fully saturated rings. The van der Waals surface area contributed by atoms with Gasteiger partial charge in [0.05, 0.1) is 11.7 Å². The Morgan fingerprint density at radius 3 is 2.73 bits per heavy atom. The number of hydrogen-bond donors (Lipinski definition) is 2. The average Bonchev–Trinajstić information content (AvgIpc) is 2.44. The van der Waals surface area contributed by atoms with E-state index in [2.05, 4.69) is 12.2 Å². The van der Waals surface area contributed by atoms with Gasteiger partial charge in [-0.15, -0.1) is 12.4 Å². The largest absolute Gasteiger partial charge is 0.355 e. The van der Waals surface area contributed by atoms with Gasteiger partial charge in [0.15, 0.2) is 0 Å². The molecular weight excluding hydrogens is 326 g/mol. The molecule has 1 aliphatic heterocycles. The lowest BCUT2D eigenvalue weighted by atomic mass is 9.99. The zero-order valence-electron chi connectivity index (χ0n) is 13.6. The Bertz CT molecular complexity index is 431. The summed E-state index contributed by atoms with van der Waals surface area (Å²) in [7, 11) is -3.26. The maximum Gasteiger partial charge on any atom is 0.224 e. The van der Waals surface area contributed by atoms with Crippen molar-refractivity contribution in [1.82, 2.24) is 9.62 Å². The topological polar surface area (TPSA) is 92.5 Å². The van der Waals surface area contributed by atoms with Crippen molar-refractivity contribution in [3.05, 3.63) is 0 Å². The minimum atomic E-state index is -3.26. The maximum absolute atomic E-state index is 12.4. The Kier molecular flexibility index (Phi) is 10.2. The van der Waals surface area contributed by atoms with E-state index in [1.165, 1.54) is 4.31 Å².